The van der Waals surface area contributed by atoms with E-state index >= 15 is 0 Å². The molecule has 0 aliphatic carbocycles. The zero-order valence-corrected chi connectivity index (χ0v) is 12.8. The van der Waals surface area contributed by atoms with Crippen molar-refractivity contribution >= 4 is 0 Å². The van der Waals surface area contributed by atoms with Crippen molar-refractivity contribution in [2.24, 2.45) is 11.7 Å². The lowest BCUT2D eigenvalue weighted by Crippen LogP contribution is -2.15. The minimum absolute atomic E-state index is 0.406. The summed E-state index contributed by atoms with van der Waals surface area (Å²) >= 11 is 0. The summed E-state index contributed by atoms with van der Waals surface area (Å²) in [6.45, 7) is 9.04. The van der Waals surface area contributed by atoms with E-state index in [2.05, 4.69) is 44.0 Å². The molecule has 3 nitrogen and oxygen atoms in total. The molecule has 0 bridgehead atoms. The maximum Gasteiger partial charge on any atom is 0.129 e. The molecule has 106 valence electrons. The molecular formula is C17H23N3. The summed E-state index contributed by atoms with van der Waals surface area (Å²) in [4.78, 5) is 9.24. The van der Waals surface area contributed by atoms with Crippen LogP contribution in [0.2, 0.25) is 0 Å². The summed E-state index contributed by atoms with van der Waals surface area (Å²) in [5, 5.41) is 0. The summed E-state index contributed by atoms with van der Waals surface area (Å²) in [7, 11) is 0. The smallest absolute Gasteiger partial charge is 0.129 e. The third-order valence-electron chi connectivity index (χ3n) is 3.49. The largest absolute Gasteiger partial charge is 0.330 e. The third-order valence-corrected chi connectivity index (χ3v) is 3.49. The van der Waals surface area contributed by atoms with E-state index in [-0.39, 0.29) is 0 Å². The highest BCUT2D eigenvalue weighted by Gasteiger charge is 2.09. The molecule has 0 saturated heterocycles. The van der Waals surface area contributed by atoms with Crippen LogP contribution in [0.3, 0.4) is 0 Å². The van der Waals surface area contributed by atoms with Gasteiger partial charge in [-0.25, -0.2) is 9.97 Å². The van der Waals surface area contributed by atoms with E-state index in [1.54, 1.807) is 0 Å². The minimum Gasteiger partial charge on any atom is -0.330 e. The number of aryl methyl sites for hydroxylation is 3. The molecule has 1 aromatic heterocycles. The van der Waals surface area contributed by atoms with Gasteiger partial charge in [0, 0.05) is 17.7 Å². The third kappa shape index (κ3) is 3.42. The quantitative estimate of drug-likeness (QED) is 0.927. The second kappa shape index (κ2) is 6.14. The molecular weight excluding hydrogens is 246 g/mol. The van der Waals surface area contributed by atoms with Gasteiger partial charge in [-0.2, -0.15) is 0 Å². The van der Waals surface area contributed by atoms with Crippen molar-refractivity contribution in [1.29, 1.82) is 0 Å². The number of nitrogens with two attached hydrogens (primary N) is 1. The van der Waals surface area contributed by atoms with E-state index in [0.717, 1.165) is 23.6 Å². The summed E-state index contributed by atoms with van der Waals surface area (Å²) < 4.78 is 0. The Morgan fingerprint density at radius 3 is 2.50 bits per heavy atom. The molecule has 0 amide bonds. The monoisotopic (exact) mass is 269 g/mol. The van der Waals surface area contributed by atoms with Gasteiger partial charge in [0.05, 0.1) is 5.69 Å². The van der Waals surface area contributed by atoms with Gasteiger partial charge in [-0.05, 0) is 44.9 Å². The second-order valence-corrected chi connectivity index (χ2v) is 5.67. The molecule has 0 radical (unpaired) electrons. The molecule has 0 spiro atoms. The van der Waals surface area contributed by atoms with Crippen LogP contribution in [0.1, 0.15) is 29.6 Å². The molecule has 2 aromatic rings. The van der Waals surface area contributed by atoms with Gasteiger partial charge in [0.15, 0.2) is 0 Å². The van der Waals surface area contributed by atoms with Gasteiger partial charge < -0.3 is 5.73 Å². The molecule has 0 fully saturated rings. The first-order valence-electron chi connectivity index (χ1n) is 7.12. The van der Waals surface area contributed by atoms with Gasteiger partial charge in [0.25, 0.3) is 0 Å². The fraction of sp³-hybridized carbons (Fsp3) is 0.412. The normalized spacial score (nSPS) is 12.4. The van der Waals surface area contributed by atoms with Gasteiger partial charge in [-0.3, -0.25) is 0 Å². The summed E-state index contributed by atoms with van der Waals surface area (Å²) in [5.74, 6) is 1.29. The van der Waals surface area contributed by atoms with E-state index < -0.39 is 0 Å². The predicted molar refractivity (Wildman–Crippen MR) is 83.6 cm³/mol. The molecule has 0 aliphatic heterocycles. The highest BCUT2D eigenvalue weighted by atomic mass is 14.9. The summed E-state index contributed by atoms with van der Waals surface area (Å²) in [6.07, 6.45) is 0.829. The number of rotatable bonds is 4. The first-order chi connectivity index (χ1) is 9.49. The number of hydrogen-bond acceptors (Lipinski definition) is 3. The van der Waals surface area contributed by atoms with Crippen LogP contribution in [0.4, 0.5) is 0 Å². The Morgan fingerprint density at radius 1 is 1.10 bits per heavy atom. The molecule has 1 unspecified atom stereocenters. The Morgan fingerprint density at radius 2 is 1.85 bits per heavy atom. The van der Waals surface area contributed by atoms with Crippen LogP contribution >= 0.6 is 0 Å². The Bertz CT molecular complexity index is 605. The number of hydrogen-bond donors (Lipinski definition) is 1. The van der Waals surface area contributed by atoms with Crippen LogP contribution in [-0.4, -0.2) is 16.5 Å². The number of nitrogens with zero attached hydrogens (tertiary/aromatic N) is 2. The molecule has 2 N–H and O–H groups in total. The molecule has 0 aliphatic rings. The van der Waals surface area contributed by atoms with Crippen LogP contribution in [0, 0.1) is 26.7 Å². The lowest BCUT2D eigenvalue weighted by Gasteiger charge is -2.11. The van der Waals surface area contributed by atoms with Crippen LogP contribution in [0.5, 0.6) is 0 Å². The first kappa shape index (κ1) is 14.7. The molecule has 1 heterocycles. The molecule has 1 aromatic carbocycles. The van der Waals surface area contributed by atoms with Gasteiger partial charge in [0.1, 0.15) is 5.82 Å². The van der Waals surface area contributed by atoms with Crippen molar-refractivity contribution < 1.29 is 0 Å². The second-order valence-electron chi connectivity index (χ2n) is 5.67. The van der Waals surface area contributed by atoms with Crippen LogP contribution in [0.15, 0.2) is 24.3 Å². The molecule has 1 atom stereocenters. The van der Waals surface area contributed by atoms with Crippen molar-refractivity contribution in [1.82, 2.24) is 9.97 Å². The van der Waals surface area contributed by atoms with Crippen LogP contribution in [0.25, 0.3) is 11.3 Å². The standard InChI is InChI=1S/C17H23N3/c1-11-5-6-15(13(3)7-11)16-9-14(4)19-17(20-16)8-12(2)10-18/h5-7,9,12H,8,10,18H2,1-4H3. The summed E-state index contributed by atoms with van der Waals surface area (Å²) in [6, 6.07) is 8.51. The Balaban J connectivity index is 2.41. The maximum atomic E-state index is 5.69. The Kier molecular flexibility index (Phi) is 4.50. The van der Waals surface area contributed by atoms with Gasteiger partial charge in [-0.1, -0.05) is 30.7 Å². The van der Waals surface area contributed by atoms with E-state index in [1.807, 2.05) is 13.0 Å². The molecule has 20 heavy (non-hydrogen) atoms. The fourth-order valence-corrected chi connectivity index (χ4v) is 2.36. The van der Waals surface area contributed by atoms with Crippen molar-refractivity contribution in [2.45, 2.75) is 34.1 Å². The number of benzene rings is 1. The maximum absolute atomic E-state index is 5.69. The average Bonchev–Trinajstić information content (AvgIpc) is 2.37. The van der Waals surface area contributed by atoms with Gasteiger partial charge in [-0.15, -0.1) is 0 Å². The highest BCUT2D eigenvalue weighted by molar-refractivity contribution is 5.64. The van der Waals surface area contributed by atoms with Crippen molar-refractivity contribution in [3.8, 4) is 11.3 Å². The molecule has 3 heteroatoms. The van der Waals surface area contributed by atoms with Crippen LogP contribution in [-0.2, 0) is 6.42 Å². The van der Waals surface area contributed by atoms with Gasteiger partial charge in [0.2, 0.25) is 0 Å². The topological polar surface area (TPSA) is 51.8 Å². The zero-order chi connectivity index (χ0) is 14.7. The van der Waals surface area contributed by atoms with E-state index in [4.69, 9.17) is 10.7 Å². The fourth-order valence-electron chi connectivity index (χ4n) is 2.36. The van der Waals surface area contributed by atoms with Gasteiger partial charge >= 0.3 is 0 Å². The first-order valence-corrected chi connectivity index (χ1v) is 7.12. The number of aromatic nitrogens is 2. The Labute approximate surface area is 121 Å². The van der Waals surface area contributed by atoms with E-state index in [1.165, 1.54) is 16.7 Å². The molecule has 2 rings (SSSR count). The van der Waals surface area contributed by atoms with Crippen molar-refractivity contribution in [2.75, 3.05) is 6.54 Å². The average molecular weight is 269 g/mol. The zero-order valence-electron chi connectivity index (χ0n) is 12.8. The van der Waals surface area contributed by atoms with Crippen LogP contribution < -0.4 is 5.73 Å². The SMILES string of the molecule is Cc1ccc(-c2cc(C)nc(CC(C)CN)n2)c(C)c1. The highest BCUT2D eigenvalue weighted by Crippen LogP contribution is 2.23. The van der Waals surface area contributed by atoms with E-state index in [0.29, 0.717) is 12.5 Å². The lowest BCUT2D eigenvalue weighted by atomic mass is 10.0. The van der Waals surface area contributed by atoms with Crippen molar-refractivity contribution in [3.05, 3.63) is 46.9 Å². The van der Waals surface area contributed by atoms with E-state index in [9.17, 15) is 0 Å². The summed E-state index contributed by atoms with van der Waals surface area (Å²) in [5.41, 5.74) is 11.4. The minimum atomic E-state index is 0.406. The van der Waals surface area contributed by atoms with Crippen molar-refractivity contribution in [3.63, 3.8) is 0 Å². The lowest BCUT2D eigenvalue weighted by molar-refractivity contribution is 0.573. The predicted octanol–water partition coefficient (Wildman–Crippen LogP) is 3.21. The Hall–Kier alpha value is -1.74. The molecule has 0 saturated carbocycles.